The number of hydroxylamine groups is 1. The predicted molar refractivity (Wildman–Crippen MR) is 108 cm³/mol. The molecule has 0 bridgehead atoms. The maximum Gasteiger partial charge on any atom is 0.366 e. The van der Waals surface area contributed by atoms with Gasteiger partial charge in [-0.3, -0.25) is 10.3 Å². The molecule has 0 aliphatic carbocycles. The molecule has 6 nitrogen and oxygen atoms in total. The van der Waals surface area contributed by atoms with E-state index in [2.05, 4.69) is 38.0 Å². The van der Waals surface area contributed by atoms with Crippen molar-refractivity contribution in [3.8, 4) is 0 Å². The number of benzene rings is 1. The zero-order valence-corrected chi connectivity index (χ0v) is 17.5. The van der Waals surface area contributed by atoms with E-state index in [-0.39, 0.29) is 0 Å². The van der Waals surface area contributed by atoms with Crippen LogP contribution in [0.15, 0.2) is 24.8 Å². The van der Waals surface area contributed by atoms with Crippen molar-refractivity contribution < 1.29 is 23.8 Å². The maximum absolute atomic E-state index is 11.6. The summed E-state index contributed by atoms with van der Waals surface area (Å²) in [5.74, 6) is -1.44. The number of esters is 1. The molecule has 1 heterocycles. The largest absolute Gasteiger partial charge is 0.465 e. The van der Waals surface area contributed by atoms with Gasteiger partial charge < -0.3 is 14.2 Å². The van der Waals surface area contributed by atoms with Gasteiger partial charge in [0.2, 0.25) is 0 Å². The van der Waals surface area contributed by atoms with Gasteiger partial charge in [0.15, 0.2) is 0 Å². The molecule has 1 aromatic carbocycles. The fourth-order valence-corrected chi connectivity index (χ4v) is 3.02. The molecule has 1 aromatic rings. The second kappa shape index (κ2) is 10.6. The van der Waals surface area contributed by atoms with E-state index in [1.54, 1.807) is 6.92 Å². The van der Waals surface area contributed by atoms with E-state index < -0.39 is 11.8 Å². The number of ether oxygens (including phenoxy) is 3. The third-order valence-electron chi connectivity index (χ3n) is 5.15. The van der Waals surface area contributed by atoms with Crippen molar-refractivity contribution in [3.63, 3.8) is 0 Å². The first kappa shape index (κ1) is 22.4. The summed E-state index contributed by atoms with van der Waals surface area (Å²) in [6.07, 6.45) is 4.08. The Bertz CT molecular complexity index is 665. The molecule has 1 fully saturated rings. The number of unbranched alkanes of at least 4 members (excludes halogenated alkanes) is 2. The number of rotatable bonds is 10. The molecular formula is C22H33NO5. The molecule has 28 heavy (non-hydrogen) atoms. The van der Waals surface area contributed by atoms with E-state index in [0.717, 1.165) is 36.9 Å². The number of nitrogens with one attached hydrogen (secondary N) is 1. The van der Waals surface area contributed by atoms with Gasteiger partial charge >= 0.3 is 5.97 Å². The minimum atomic E-state index is -1.26. The minimum absolute atomic E-state index is 0.307. The molecule has 0 radical (unpaired) electrons. The average Bonchev–Trinajstić information content (AvgIpc) is 2.69. The van der Waals surface area contributed by atoms with Gasteiger partial charge in [0, 0.05) is 12.8 Å². The van der Waals surface area contributed by atoms with E-state index in [1.165, 1.54) is 18.2 Å². The summed E-state index contributed by atoms with van der Waals surface area (Å²) in [5.41, 5.74) is 7.25. The highest BCUT2D eigenvalue weighted by atomic mass is 16.7. The number of methoxy groups -OCH3 is 1. The van der Waals surface area contributed by atoms with Crippen LogP contribution in [0.4, 0.5) is 0 Å². The van der Waals surface area contributed by atoms with Crippen molar-refractivity contribution in [1.82, 2.24) is 5.48 Å². The smallest absolute Gasteiger partial charge is 0.366 e. The van der Waals surface area contributed by atoms with Gasteiger partial charge in [-0.05, 0) is 49.4 Å². The first-order valence-electron chi connectivity index (χ1n) is 9.86. The van der Waals surface area contributed by atoms with Crippen LogP contribution < -0.4 is 5.48 Å². The van der Waals surface area contributed by atoms with E-state index in [9.17, 15) is 4.79 Å². The van der Waals surface area contributed by atoms with Crippen LogP contribution in [0.2, 0.25) is 0 Å². The van der Waals surface area contributed by atoms with Crippen LogP contribution in [0.25, 0.3) is 5.70 Å². The topological polar surface area (TPSA) is 66.0 Å². The lowest BCUT2D eigenvalue weighted by Gasteiger charge is -2.35. The number of carbonyl (C=O) groups is 1. The molecule has 156 valence electrons. The summed E-state index contributed by atoms with van der Waals surface area (Å²) in [4.78, 5) is 17.2. The Morgan fingerprint density at radius 3 is 2.57 bits per heavy atom. The van der Waals surface area contributed by atoms with Gasteiger partial charge in [0.05, 0.1) is 32.6 Å². The van der Waals surface area contributed by atoms with Crippen molar-refractivity contribution in [1.29, 1.82) is 0 Å². The Morgan fingerprint density at radius 2 is 1.93 bits per heavy atom. The molecule has 6 heteroatoms. The van der Waals surface area contributed by atoms with Crippen molar-refractivity contribution in [3.05, 3.63) is 41.5 Å². The van der Waals surface area contributed by atoms with Crippen LogP contribution in [0.5, 0.6) is 0 Å². The molecular weight excluding hydrogens is 358 g/mol. The van der Waals surface area contributed by atoms with Gasteiger partial charge in [-0.25, -0.2) is 4.79 Å². The normalized spacial score (nSPS) is 21.9. The Kier molecular flexibility index (Phi) is 8.48. The number of hydrogen-bond acceptors (Lipinski definition) is 6. The molecule has 2 rings (SSSR count). The molecule has 1 saturated heterocycles. The van der Waals surface area contributed by atoms with E-state index >= 15 is 0 Å². The number of carbonyl (C=O) groups excluding carboxylic acids is 1. The highest BCUT2D eigenvalue weighted by Crippen LogP contribution is 2.25. The van der Waals surface area contributed by atoms with E-state index in [4.69, 9.17) is 19.0 Å². The maximum atomic E-state index is 11.6. The Balaban J connectivity index is 1.54. The van der Waals surface area contributed by atoms with E-state index in [1.807, 2.05) is 6.07 Å². The van der Waals surface area contributed by atoms with Gasteiger partial charge in [-0.1, -0.05) is 31.6 Å². The van der Waals surface area contributed by atoms with Crippen molar-refractivity contribution >= 4 is 11.7 Å². The van der Waals surface area contributed by atoms with Crippen LogP contribution in [-0.4, -0.2) is 38.7 Å². The lowest BCUT2D eigenvalue weighted by atomic mass is 10.0. The van der Waals surface area contributed by atoms with Gasteiger partial charge in [-0.15, -0.1) is 0 Å². The lowest BCUT2D eigenvalue weighted by Crippen LogP contribution is -2.48. The fraction of sp³-hybridized carbons (Fsp3) is 0.591. The summed E-state index contributed by atoms with van der Waals surface area (Å²) in [5, 5.41) is 0. The van der Waals surface area contributed by atoms with Crippen molar-refractivity contribution in [2.45, 2.75) is 52.2 Å². The second-order valence-corrected chi connectivity index (χ2v) is 7.50. The highest BCUT2D eigenvalue weighted by Gasteiger charge is 2.41. The van der Waals surface area contributed by atoms with Gasteiger partial charge in [0.25, 0.3) is 5.79 Å². The van der Waals surface area contributed by atoms with Gasteiger partial charge in [-0.2, -0.15) is 0 Å². The molecule has 1 aliphatic rings. The van der Waals surface area contributed by atoms with Crippen LogP contribution in [0, 0.1) is 19.8 Å². The molecule has 0 unspecified atom stereocenters. The van der Waals surface area contributed by atoms with Crippen molar-refractivity contribution in [2.75, 3.05) is 26.9 Å². The molecule has 0 spiro atoms. The number of hydrogen-bond donors (Lipinski definition) is 1. The van der Waals surface area contributed by atoms with Crippen LogP contribution in [-0.2, 0) is 23.8 Å². The standard InChI is InChI=1S/C22H33NO5/c1-16-10-11-20(13-17(16)2)18(3)23-28-12-8-6-7-9-19-14-26-22(4,27-15-19)21(24)25-5/h10-11,13,19,23H,3,6-9,12,14-15H2,1-2,4-5H3. The molecule has 1 aliphatic heterocycles. The first-order valence-corrected chi connectivity index (χ1v) is 9.86. The molecule has 1 N–H and O–H groups in total. The summed E-state index contributed by atoms with van der Waals surface area (Å²) in [6.45, 7) is 11.5. The molecule has 0 atom stereocenters. The third-order valence-corrected chi connectivity index (χ3v) is 5.15. The SMILES string of the molecule is C=C(NOCCCCCC1COC(C)(C(=O)OC)OC1)c1ccc(C)c(C)c1. The van der Waals surface area contributed by atoms with Crippen LogP contribution in [0.3, 0.4) is 0 Å². The zero-order valence-electron chi connectivity index (χ0n) is 17.5. The first-order chi connectivity index (χ1) is 13.4. The van der Waals surface area contributed by atoms with Crippen molar-refractivity contribution in [2.24, 2.45) is 5.92 Å². The molecule has 0 saturated carbocycles. The Morgan fingerprint density at radius 1 is 1.21 bits per heavy atom. The van der Waals surface area contributed by atoms with E-state index in [0.29, 0.717) is 25.7 Å². The predicted octanol–water partition coefficient (Wildman–Crippen LogP) is 3.91. The van der Waals surface area contributed by atoms with Crippen LogP contribution in [0.1, 0.15) is 49.3 Å². The van der Waals surface area contributed by atoms with Gasteiger partial charge in [0.1, 0.15) is 0 Å². The quantitative estimate of drug-likeness (QED) is 0.371. The summed E-state index contributed by atoms with van der Waals surface area (Å²) in [7, 11) is 1.33. The fourth-order valence-electron chi connectivity index (χ4n) is 3.02. The monoisotopic (exact) mass is 391 g/mol. The van der Waals surface area contributed by atoms with Crippen LogP contribution >= 0.6 is 0 Å². The summed E-state index contributed by atoms with van der Waals surface area (Å²) in [6, 6.07) is 6.23. The Labute approximate surface area is 168 Å². The number of aryl methyl sites for hydroxylation is 2. The average molecular weight is 392 g/mol. The third kappa shape index (κ3) is 6.33. The zero-order chi connectivity index (χ0) is 20.6. The lowest BCUT2D eigenvalue weighted by molar-refractivity contribution is -0.272. The summed E-state index contributed by atoms with van der Waals surface area (Å²) >= 11 is 0. The molecule has 0 aromatic heterocycles. The minimum Gasteiger partial charge on any atom is -0.465 e. The summed E-state index contributed by atoms with van der Waals surface area (Å²) < 4.78 is 15.8. The highest BCUT2D eigenvalue weighted by molar-refractivity contribution is 5.77. The Hall–Kier alpha value is -1.89. The molecule has 0 amide bonds. The second-order valence-electron chi connectivity index (χ2n) is 7.50.